The fraction of sp³-hybridized carbons (Fsp3) is 0.640. The zero-order chi connectivity index (χ0) is 20.5. The third-order valence-corrected chi connectivity index (χ3v) is 7.83. The molecular formula is C25H36N4O. The van der Waals surface area contributed by atoms with Crippen molar-refractivity contribution in [3.05, 3.63) is 47.3 Å². The summed E-state index contributed by atoms with van der Waals surface area (Å²) in [5.74, 6) is 3.09. The lowest BCUT2D eigenvalue weighted by Gasteiger charge is -2.50. The smallest absolute Gasteiger partial charge is 0.118 e. The van der Waals surface area contributed by atoms with Crippen LogP contribution in [0.3, 0.4) is 0 Å². The summed E-state index contributed by atoms with van der Waals surface area (Å²) in [6, 6.07) is 11.5. The Hall–Kier alpha value is -1.85. The van der Waals surface area contributed by atoms with Gasteiger partial charge in [-0.2, -0.15) is 5.10 Å². The molecule has 0 amide bonds. The zero-order valence-corrected chi connectivity index (χ0v) is 18.5. The molecule has 1 aromatic carbocycles. The molecule has 3 aliphatic heterocycles. The van der Waals surface area contributed by atoms with Crippen molar-refractivity contribution in [1.82, 2.24) is 20.0 Å². The minimum absolute atomic E-state index is 0.657. The molecular weight excluding hydrogens is 372 g/mol. The first kappa shape index (κ1) is 20.1. The maximum Gasteiger partial charge on any atom is 0.118 e. The summed E-state index contributed by atoms with van der Waals surface area (Å²) >= 11 is 0. The van der Waals surface area contributed by atoms with Gasteiger partial charge in [0.1, 0.15) is 5.75 Å². The summed E-state index contributed by atoms with van der Waals surface area (Å²) in [6.07, 6.45) is 8.06. The molecule has 1 aliphatic carbocycles. The fourth-order valence-corrected chi connectivity index (χ4v) is 6.08. The van der Waals surface area contributed by atoms with E-state index in [2.05, 4.69) is 40.1 Å². The number of hydrogen-bond acceptors (Lipinski definition) is 4. The van der Waals surface area contributed by atoms with Crippen molar-refractivity contribution in [1.29, 1.82) is 0 Å². The average molecular weight is 409 g/mol. The highest BCUT2D eigenvalue weighted by Crippen LogP contribution is 2.43. The van der Waals surface area contributed by atoms with Crippen LogP contribution in [0.25, 0.3) is 0 Å². The van der Waals surface area contributed by atoms with Gasteiger partial charge < -0.3 is 10.1 Å². The Balaban J connectivity index is 1.18. The molecule has 1 aromatic heterocycles. The Labute approximate surface area is 180 Å². The van der Waals surface area contributed by atoms with Crippen molar-refractivity contribution in [2.75, 3.05) is 26.7 Å². The van der Waals surface area contributed by atoms with Gasteiger partial charge in [-0.05, 0) is 61.9 Å². The molecule has 1 unspecified atom stereocenters. The second-order valence-corrected chi connectivity index (χ2v) is 9.62. The van der Waals surface area contributed by atoms with E-state index in [0.717, 1.165) is 24.8 Å². The van der Waals surface area contributed by atoms with E-state index >= 15 is 0 Å². The SMILES string of the molecule is COc1ccc(CNC[C@H]2C[C@@H]3CCN2C[C@@H]3c2cc(C3CCCC3)nn2C)cc1. The number of hydrogen-bond donors (Lipinski definition) is 1. The molecule has 1 N–H and O–H groups in total. The van der Waals surface area contributed by atoms with Crippen LogP contribution in [0.5, 0.6) is 5.75 Å². The summed E-state index contributed by atoms with van der Waals surface area (Å²) < 4.78 is 7.46. The first-order valence-electron chi connectivity index (χ1n) is 11.8. The number of ether oxygens (including phenoxy) is 1. The van der Waals surface area contributed by atoms with Crippen LogP contribution in [-0.4, -0.2) is 47.5 Å². The van der Waals surface area contributed by atoms with Crippen LogP contribution in [-0.2, 0) is 13.6 Å². The number of fused-ring (bicyclic) bond motifs is 3. The van der Waals surface area contributed by atoms with Crippen LogP contribution >= 0.6 is 0 Å². The highest BCUT2D eigenvalue weighted by molar-refractivity contribution is 5.27. The van der Waals surface area contributed by atoms with Crippen LogP contribution < -0.4 is 10.1 Å². The second-order valence-electron chi connectivity index (χ2n) is 9.62. The molecule has 5 nitrogen and oxygen atoms in total. The molecule has 162 valence electrons. The highest BCUT2D eigenvalue weighted by Gasteiger charge is 2.41. The summed E-state index contributed by atoms with van der Waals surface area (Å²) in [6.45, 7) is 4.45. The van der Waals surface area contributed by atoms with Gasteiger partial charge in [0, 0.05) is 50.3 Å². The Morgan fingerprint density at radius 2 is 1.93 bits per heavy atom. The first-order chi connectivity index (χ1) is 14.7. The van der Waals surface area contributed by atoms with Crippen LogP contribution in [0, 0.1) is 5.92 Å². The summed E-state index contributed by atoms with van der Waals surface area (Å²) in [7, 11) is 3.88. The molecule has 0 radical (unpaired) electrons. The molecule has 0 spiro atoms. The number of aryl methyl sites for hydroxylation is 1. The van der Waals surface area contributed by atoms with Gasteiger partial charge in [0.05, 0.1) is 12.8 Å². The molecule has 5 heteroatoms. The van der Waals surface area contributed by atoms with Gasteiger partial charge in [-0.3, -0.25) is 9.58 Å². The Kier molecular flexibility index (Phi) is 5.83. The number of benzene rings is 1. The molecule has 3 saturated heterocycles. The van der Waals surface area contributed by atoms with Gasteiger partial charge in [0.25, 0.3) is 0 Å². The lowest BCUT2D eigenvalue weighted by molar-refractivity contribution is 0.0282. The van der Waals surface area contributed by atoms with Gasteiger partial charge >= 0.3 is 0 Å². The zero-order valence-electron chi connectivity index (χ0n) is 18.5. The van der Waals surface area contributed by atoms with E-state index in [1.165, 1.54) is 68.6 Å². The van der Waals surface area contributed by atoms with E-state index in [-0.39, 0.29) is 0 Å². The lowest BCUT2D eigenvalue weighted by Crippen LogP contribution is -2.55. The standard InChI is InChI=1S/C25H36N4O/c1-28-25(14-24(27-28)19-5-3-4-6-19)23-17-29-12-11-20(23)13-21(29)16-26-15-18-7-9-22(30-2)10-8-18/h7-10,14,19-21,23,26H,3-6,11-13,15-17H2,1-2H3/t20-,21+,23-/m0/s1. The molecule has 6 rings (SSSR count). The quantitative estimate of drug-likeness (QED) is 0.750. The van der Waals surface area contributed by atoms with E-state index in [9.17, 15) is 0 Å². The van der Waals surface area contributed by atoms with Crippen LogP contribution in [0.1, 0.15) is 67.3 Å². The van der Waals surface area contributed by atoms with Crippen molar-refractivity contribution in [3.63, 3.8) is 0 Å². The molecule has 4 atom stereocenters. The number of nitrogens with one attached hydrogen (secondary N) is 1. The summed E-state index contributed by atoms with van der Waals surface area (Å²) in [5, 5.41) is 8.64. The van der Waals surface area contributed by atoms with Crippen molar-refractivity contribution in [2.45, 2.75) is 62.9 Å². The maximum absolute atomic E-state index is 5.25. The number of methoxy groups -OCH3 is 1. The Morgan fingerprint density at radius 3 is 2.63 bits per heavy atom. The predicted molar refractivity (Wildman–Crippen MR) is 120 cm³/mol. The highest BCUT2D eigenvalue weighted by atomic mass is 16.5. The topological polar surface area (TPSA) is 42.3 Å². The molecule has 1 saturated carbocycles. The third-order valence-electron chi connectivity index (χ3n) is 7.83. The molecule has 4 fully saturated rings. The monoisotopic (exact) mass is 408 g/mol. The van der Waals surface area contributed by atoms with Crippen molar-refractivity contribution < 1.29 is 4.74 Å². The van der Waals surface area contributed by atoms with E-state index in [0.29, 0.717) is 17.9 Å². The van der Waals surface area contributed by atoms with E-state index in [1.807, 2.05) is 12.1 Å². The number of piperidine rings is 3. The van der Waals surface area contributed by atoms with Gasteiger partial charge in [-0.1, -0.05) is 25.0 Å². The maximum atomic E-state index is 5.25. The Bertz CT molecular complexity index is 839. The van der Waals surface area contributed by atoms with E-state index in [1.54, 1.807) is 7.11 Å². The van der Waals surface area contributed by atoms with Gasteiger partial charge in [0.15, 0.2) is 0 Å². The average Bonchev–Trinajstić information content (AvgIpc) is 3.44. The van der Waals surface area contributed by atoms with Crippen LogP contribution in [0.2, 0.25) is 0 Å². The van der Waals surface area contributed by atoms with Crippen molar-refractivity contribution >= 4 is 0 Å². The normalized spacial score (nSPS) is 28.9. The minimum atomic E-state index is 0.657. The molecule has 4 heterocycles. The first-order valence-corrected chi connectivity index (χ1v) is 11.8. The van der Waals surface area contributed by atoms with Crippen molar-refractivity contribution in [3.8, 4) is 5.75 Å². The van der Waals surface area contributed by atoms with Crippen LogP contribution in [0.15, 0.2) is 30.3 Å². The Morgan fingerprint density at radius 1 is 1.13 bits per heavy atom. The predicted octanol–water partition coefficient (Wildman–Crippen LogP) is 4.05. The molecule has 2 aromatic rings. The molecule has 4 aliphatic rings. The van der Waals surface area contributed by atoms with Crippen LogP contribution in [0.4, 0.5) is 0 Å². The van der Waals surface area contributed by atoms with Gasteiger partial charge in [-0.15, -0.1) is 0 Å². The summed E-state index contributed by atoms with van der Waals surface area (Å²) in [5.41, 5.74) is 4.16. The largest absolute Gasteiger partial charge is 0.497 e. The van der Waals surface area contributed by atoms with E-state index < -0.39 is 0 Å². The number of nitrogens with zero attached hydrogens (tertiary/aromatic N) is 3. The number of rotatable bonds is 7. The molecule has 2 bridgehead atoms. The number of aromatic nitrogens is 2. The lowest BCUT2D eigenvalue weighted by atomic mass is 9.74. The summed E-state index contributed by atoms with van der Waals surface area (Å²) in [4.78, 5) is 2.73. The fourth-order valence-electron chi connectivity index (χ4n) is 6.08. The third kappa shape index (κ3) is 4.02. The van der Waals surface area contributed by atoms with Crippen molar-refractivity contribution in [2.24, 2.45) is 13.0 Å². The second kappa shape index (κ2) is 8.72. The van der Waals surface area contributed by atoms with E-state index in [4.69, 9.17) is 9.84 Å². The molecule has 30 heavy (non-hydrogen) atoms. The van der Waals surface area contributed by atoms with Gasteiger partial charge in [0.2, 0.25) is 0 Å². The van der Waals surface area contributed by atoms with Gasteiger partial charge in [-0.25, -0.2) is 0 Å². The minimum Gasteiger partial charge on any atom is -0.497 e.